The Morgan fingerprint density at radius 3 is 1.71 bits per heavy atom. The molecule has 0 unspecified atom stereocenters. The van der Waals surface area contributed by atoms with Crippen LogP contribution in [0.1, 0.15) is 85.7 Å². The number of hydrogen-bond donors (Lipinski definition) is 5. The van der Waals surface area contributed by atoms with Crippen LogP contribution in [0.4, 0.5) is 28.6 Å². The molecular weight excluding hydrogens is 1000 g/mol. The number of aromatic carboxylic acids is 1. The van der Waals surface area contributed by atoms with Gasteiger partial charge in [-0.3, -0.25) is 9.59 Å². The van der Waals surface area contributed by atoms with Crippen LogP contribution in [0, 0.1) is 0 Å². The molecule has 6 aromatic heterocycles. The first-order valence-electron chi connectivity index (χ1n) is 22.8. The first-order valence-corrected chi connectivity index (χ1v) is 24.8. The fraction of sp³-hybridized carbons (Fsp3) is 0.292. The topological polar surface area (TPSA) is 271 Å². The second-order valence-electron chi connectivity index (χ2n) is 16.8. The zero-order valence-electron chi connectivity index (χ0n) is 40.2. The van der Waals surface area contributed by atoms with Crippen molar-refractivity contribution in [3.05, 3.63) is 123 Å². The number of rotatable bonds is 17. The van der Waals surface area contributed by atoms with E-state index < -0.39 is 11.9 Å². The minimum absolute atomic E-state index is 0.0950. The molecule has 2 aromatic carbocycles. The summed E-state index contributed by atoms with van der Waals surface area (Å²) in [5.74, 6) is -0.0802. The largest absolute Gasteiger partial charge is 0.497 e. The van der Waals surface area contributed by atoms with Crippen LogP contribution in [0.25, 0.3) is 11.3 Å². The summed E-state index contributed by atoms with van der Waals surface area (Å²) in [6, 6.07) is 19.6. The third-order valence-corrected chi connectivity index (χ3v) is 12.7. The maximum absolute atomic E-state index is 12.8. The van der Waals surface area contributed by atoms with E-state index in [0.717, 1.165) is 77.1 Å². The third-order valence-electron chi connectivity index (χ3n) is 11.2. The number of carboxylic acid groups (broad SMARTS) is 1. The molecule has 2 aliphatic rings. The molecule has 8 aromatic rings. The van der Waals surface area contributed by atoms with Gasteiger partial charge in [0, 0.05) is 62.2 Å². The monoisotopic (exact) mass is 1050 g/mol. The van der Waals surface area contributed by atoms with Crippen molar-refractivity contribution in [2.45, 2.75) is 57.8 Å². The van der Waals surface area contributed by atoms with Gasteiger partial charge in [-0.2, -0.15) is 13.8 Å². The highest BCUT2D eigenvalue weighted by Gasteiger charge is 2.28. The predicted octanol–water partition coefficient (Wildman–Crippen LogP) is 6.99. The molecule has 73 heavy (non-hydrogen) atoms. The van der Waals surface area contributed by atoms with Crippen molar-refractivity contribution in [2.75, 3.05) is 55.8 Å². The van der Waals surface area contributed by atoms with E-state index in [0.29, 0.717) is 70.4 Å². The second kappa shape index (κ2) is 23.0. The minimum Gasteiger partial charge on any atom is -0.497 e. The molecular formula is C48H51ClN14O8S2. The van der Waals surface area contributed by atoms with Crippen molar-refractivity contribution in [2.24, 2.45) is 0 Å². The van der Waals surface area contributed by atoms with E-state index in [1.165, 1.54) is 15.2 Å². The molecule has 0 aliphatic heterocycles. The SMILES string of the molecule is CCOC(=O)c1nscc1N.COc1ccc(CN(C)c2cc(Cl)nn3c(C(=O)NC4CC4)cnc23)cc1.COc1ccc(CN(C)c2cc(Nc3csnc3C(=O)O)nn3c(C(=O)NC4CC4)cnc23)cc1. The number of carbonyl (C=O) groups excluding carboxylic acids is 3. The maximum atomic E-state index is 12.8. The predicted molar refractivity (Wildman–Crippen MR) is 277 cm³/mol. The van der Waals surface area contributed by atoms with Gasteiger partial charge in [0.1, 0.15) is 11.5 Å². The number of carbonyl (C=O) groups is 4. The summed E-state index contributed by atoms with van der Waals surface area (Å²) >= 11 is 8.40. The van der Waals surface area contributed by atoms with Crippen molar-refractivity contribution in [3.63, 3.8) is 0 Å². The van der Waals surface area contributed by atoms with E-state index in [4.69, 9.17) is 31.5 Å². The van der Waals surface area contributed by atoms with Crippen molar-refractivity contribution >= 4 is 98.3 Å². The summed E-state index contributed by atoms with van der Waals surface area (Å²) in [5.41, 5.74) is 11.7. The fourth-order valence-corrected chi connectivity index (χ4v) is 8.53. The molecule has 10 rings (SSSR count). The molecule has 6 heterocycles. The van der Waals surface area contributed by atoms with Gasteiger partial charge in [-0.25, -0.2) is 28.6 Å². The van der Waals surface area contributed by atoms with Crippen molar-refractivity contribution in [1.29, 1.82) is 0 Å². The van der Waals surface area contributed by atoms with E-state index in [2.05, 4.69) is 44.9 Å². The van der Waals surface area contributed by atoms with Crippen molar-refractivity contribution in [1.82, 2.24) is 48.6 Å². The minimum atomic E-state index is -1.14. The van der Waals surface area contributed by atoms with Crippen LogP contribution in [0.5, 0.6) is 11.5 Å². The van der Waals surface area contributed by atoms with Gasteiger partial charge in [0.2, 0.25) is 0 Å². The average molecular weight is 1050 g/mol. The Hall–Kier alpha value is -8.09. The van der Waals surface area contributed by atoms with Crippen LogP contribution >= 0.6 is 34.7 Å². The molecule has 0 bridgehead atoms. The van der Waals surface area contributed by atoms with Crippen molar-refractivity contribution in [3.8, 4) is 11.5 Å². The highest BCUT2D eigenvalue weighted by atomic mass is 35.5. The van der Waals surface area contributed by atoms with Crippen LogP contribution in [0.15, 0.2) is 83.8 Å². The number of imidazole rings is 2. The van der Waals surface area contributed by atoms with Crippen LogP contribution in [0.3, 0.4) is 0 Å². The van der Waals surface area contributed by atoms with Crippen LogP contribution < -0.4 is 41.0 Å². The quantitative estimate of drug-likeness (QED) is 0.0575. The number of esters is 1. The van der Waals surface area contributed by atoms with Gasteiger partial charge in [0.25, 0.3) is 11.8 Å². The Morgan fingerprint density at radius 2 is 1.25 bits per heavy atom. The summed E-state index contributed by atoms with van der Waals surface area (Å²) < 4.78 is 25.8. The van der Waals surface area contributed by atoms with E-state index >= 15 is 0 Å². The van der Waals surface area contributed by atoms with E-state index in [1.54, 1.807) is 50.2 Å². The molecule has 25 heteroatoms. The maximum Gasteiger partial charge on any atom is 0.360 e. The third kappa shape index (κ3) is 12.7. The van der Waals surface area contributed by atoms with Gasteiger partial charge in [-0.05, 0) is 91.1 Å². The highest BCUT2D eigenvalue weighted by Crippen LogP contribution is 2.30. The molecule has 2 fully saturated rings. The van der Waals surface area contributed by atoms with E-state index in [9.17, 15) is 24.3 Å². The number of aromatic nitrogens is 8. The smallest absolute Gasteiger partial charge is 0.360 e. The Bertz CT molecular complexity index is 3240. The number of methoxy groups -OCH3 is 2. The number of hydrogen-bond acceptors (Lipinski definition) is 19. The number of benzene rings is 2. The molecule has 0 spiro atoms. The summed E-state index contributed by atoms with van der Waals surface area (Å²) in [4.78, 5) is 60.7. The van der Waals surface area contributed by atoms with Gasteiger partial charge in [-0.1, -0.05) is 35.9 Å². The molecule has 22 nitrogen and oxygen atoms in total. The first kappa shape index (κ1) is 51.3. The van der Waals surface area contributed by atoms with Gasteiger partial charge in [-0.15, -0.1) is 5.10 Å². The van der Waals surface area contributed by atoms with Crippen LogP contribution in [0.2, 0.25) is 5.15 Å². The van der Waals surface area contributed by atoms with Gasteiger partial charge in [0.15, 0.2) is 45.0 Å². The summed E-state index contributed by atoms with van der Waals surface area (Å²) in [6.45, 7) is 3.28. The van der Waals surface area contributed by atoms with Gasteiger partial charge < -0.3 is 50.8 Å². The molecule has 2 aliphatic carbocycles. The number of nitrogens with zero attached hydrogens (tertiary/aromatic N) is 10. The number of nitrogens with two attached hydrogens (primary N) is 1. The number of nitrogens with one attached hydrogen (secondary N) is 3. The molecule has 2 saturated carbocycles. The number of anilines is 5. The van der Waals surface area contributed by atoms with E-state index in [-0.39, 0.29) is 35.3 Å². The Kier molecular flexibility index (Phi) is 16.1. The Labute approximate surface area is 431 Å². The van der Waals surface area contributed by atoms with Crippen molar-refractivity contribution < 1.29 is 38.5 Å². The summed E-state index contributed by atoms with van der Waals surface area (Å²) in [5, 5.41) is 30.7. The zero-order chi connectivity index (χ0) is 51.8. The lowest BCUT2D eigenvalue weighted by Gasteiger charge is -2.21. The average Bonchev–Trinajstić information content (AvgIpc) is 4.12. The lowest BCUT2D eigenvalue weighted by Crippen LogP contribution is -2.27. The molecule has 0 atom stereocenters. The number of ether oxygens (including phenoxy) is 3. The number of fused-ring (bicyclic) bond motifs is 2. The van der Waals surface area contributed by atoms with Crippen LogP contribution in [-0.4, -0.2) is 114 Å². The number of amides is 2. The fourth-order valence-electron chi connectivity index (χ4n) is 7.18. The molecule has 0 saturated heterocycles. The lowest BCUT2D eigenvalue weighted by atomic mass is 10.2. The highest BCUT2D eigenvalue weighted by molar-refractivity contribution is 7.04. The standard InChI is InChI=1S/C23H23N7O4S.C19H20ClN5O2.C6H8N2O2S/c1-29(11-13-3-7-15(34-2)8-4-13)17-9-19(26-16-12-35-28-20(16)23(32)33)27-30-18(10-24-21(17)30)22(31)25-14-5-6-14;1-24(11-12-3-7-14(27-2)8-4-12)15-9-17(20)23-25-16(10-21-18(15)25)19(26)22-13-5-6-13;1-2-10-6(9)5-4(7)3-11-8-5/h3-4,7-10,12,14H,5-6,11H2,1-2H3,(H,25,31)(H,26,27)(H,32,33);3-4,7-10,13H,5-6,11H2,1-2H3,(H,22,26);3H,2,7H2,1H3. The summed E-state index contributed by atoms with van der Waals surface area (Å²) in [7, 11) is 7.13. The lowest BCUT2D eigenvalue weighted by molar-refractivity contribution is 0.0521. The number of nitrogen functional groups attached to an aromatic ring is 1. The first-order chi connectivity index (χ1) is 35.2. The van der Waals surface area contributed by atoms with Gasteiger partial charge >= 0.3 is 11.9 Å². The summed E-state index contributed by atoms with van der Waals surface area (Å²) in [6.07, 6.45) is 7.01. The Balaban J connectivity index is 0.000000165. The molecule has 0 radical (unpaired) electrons. The van der Waals surface area contributed by atoms with Crippen LogP contribution in [-0.2, 0) is 17.8 Å². The Morgan fingerprint density at radius 1 is 0.753 bits per heavy atom. The number of halogens is 1. The zero-order valence-corrected chi connectivity index (χ0v) is 42.6. The van der Waals surface area contributed by atoms with Gasteiger partial charge in [0.05, 0.1) is 56.0 Å². The molecule has 6 N–H and O–H groups in total. The van der Waals surface area contributed by atoms with E-state index in [1.807, 2.05) is 72.4 Å². The number of carboxylic acids is 1. The molecule has 2 amide bonds. The molecule has 380 valence electrons. The normalized spacial score (nSPS) is 12.7. The second-order valence-corrected chi connectivity index (χ2v) is 18.4.